The van der Waals surface area contributed by atoms with Crippen molar-refractivity contribution in [1.82, 2.24) is 25.8 Å². The lowest BCUT2D eigenvalue weighted by Crippen LogP contribution is -2.47. The van der Waals surface area contributed by atoms with Crippen molar-refractivity contribution in [2.24, 2.45) is 0 Å². The minimum atomic E-state index is -0.132. The maximum Gasteiger partial charge on any atom is 0.245 e. The highest BCUT2D eigenvalue weighted by Crippen LogP contribution is 2.18. The van der Waals surface area contributed by atoms with E-state index in [1.807, 2.05) is 5.38 Å². The molecule has 1 saturated heterocycles. The lowest BCUT2D eigenvalue weighted by atomic mass is 10.2. The van der Waals surface area contributed by atoms with E-state index in [-0.39, 0.29) is 18.5 Å². The van der Waals surface area contributed by atoms with Crippen LogP contribution in [0.4, 0.5) is 0 Å². The first-order chi connectivity index (χ1) is 8.33. The molecule has 2 aromatic rings. The molecule has 1 amide bonds. The van der Waals surface area contributed by atoms with Gasteiger partial charge in [-0.05, 0) is 0 Å². The summed E-state index contributed by atoms with van der Waals surface area (Å²) >= 11 is 1.47. The van der Waals surface area contributed by atoms with Gasteiger partial charge in [-0.3, -0.25) is 10.1 Å². The largest absolute Gasteiger partial charge is 0.353 e. The molecular weight excluding hydrogens is 242 g/mol. The van der Waals surface area contributed by atoms with Gasteiger partial charge < -0.3 is 9.84 Å². The number of nitrogens with one attached hydrogen (secondary N) is 2. The number of rotatable bonds is 2. The Morgan fingerprint density at radius 3 is 3.18 bits per heavy atom. The van der Waals surface area contributed by atoms with Crippen LogP contribution >= 0.6 is 11.3 Å². The summed E-state index contributed by atoms with van der Waals surface area (Å²) < 4.78 is 5.15. The van der Waals surface area contributed by atoms with Crippen LogP contribution in [0, 0.1) is 0 Å². The van der Waals surface area contributed by atoms with Gasteiger partial charge in [-0.15, -0.1) is 11.3 Å². The van der Waals surface area contributed by atoms with Crippen molar-refractivity contribution < 1.29 is 9.32 Å². The molecule has 1 atom stereocenters. The van der Waals surface area contributed by atoms with Gasteiger partial charge in [0.15, 0.2) is 0 Å². The molecule has 3 rings (SSSR count). The number of carbonyl (C=O) groups excluding carboxylic acids is 1. The first-order valence-corrected chi connectivity index (χ1v) is 5.99. The van der Waals surface area contributed by atoms with Crippen molar-refractivity contribution in [1.29, 1.82) is 0 Å². The summed E-state index contributed by atoms with van der Waals surface area (Å²) in [5.41, 5.74) is 2.41. The number of hydrogen-bond donors (Lipinski definition) is 2. The number of carbonyl (C=O) groups is 1. The number of nitrogens with zero attached hydrogens (tertiary/aromatic N) is 3. The van der Waals surface area contributed by atoms with Crippen molar-refractivity contribution in [3.05, 3.63) is 16.8 Å². The Bertz CT molecular complexity index is 513. The molecule has 88 valence electrons. The molecule has 0 aromatic carbocycles. The fourth-order valence-corrected chi connectivity index (χ4v) is 2.08. The molecule has 1 unspecified atom stereocenters. The Kier molecular flexibility index (Phi) is 2.57. The van der Waals surface area contributed by atoms with Crippen molar-refractivity contribution in [2.45, 2.75) is 6.04 Å². The molecule has 8 heteroatoms. The van der Waals surface area contributed by atoms with Crippen molar-refractivity contribution in [2.75, 3.05) is 13.1 Å². The molecular formula is C9H9N5O2S. The zero-order valence-corrected chi connectivity index (χ0v) is 9.53. The van der Waals surface area contributed by atoms with E-state index in [1.165, 1.54) is 11.3 Å². The van der Waals surface area contributed by atoms with E-state index in [4.69, 9.17) is 4.52 Å². The van der Waals surface area contributed by atoms with E-state index >= 15 is 0 Å². The van der Waals surface area contributed by atoms with E-state index < -0.39 is 0 Å². The van der Waals surface area contributed by atoms with Crippen LogP contribution in [0.1, 0.15) is 11.9 Å². The summed E-state index contributed by atoms with van der Waals surface area (Å²) in [7, 11) is 0. The fourth-order valence-electron chi connectivity index (χ4n) is 1.54. The highest BCUT2D eigenvalue weighted by atomic mass is 32.1. The van der Waals surface area contributed by atoms with Gasteiger partial charge in [0, 0.05) is 11.9 Å². The Hall–Kier alpha value is -1.80. The van der Waals surface area contributed by atoms with Gasteiger partial charge in [0.05, 0.1) is 12.1 Å². The summed E-state index contributed by atoms with van der Waals surface area (Å²) in [6.45, 7) is 0.719. The summed E-state index contributed by atoms with van der Waals surface area (Å²) in [4.78, 5) is 19.3. The number of amides is 1. The van der Waals surface area contributed by atoms with E-state index in [2.05, 4.69) is 25.8 Å². The highest BCUT2D eigenvalue weighted by Gasteiger charge is 2.24. The topological polar surface area (TPSA) is 92.9 Å². The molecule has 0 radical (unpaired) electrons. The Labute approximate surface area is 100 Å². The number of aromatic nitrogens is 3. The van der Waals surface area contributed by atoms with E-state index in [1.54, 1.807) is 5.51 Å². The predicted molar refractivity (Wildman–Crippen MR) is 59.2 cm³/mol. The number of thiazole rings is 1. The fraction of sp³-hybridized carbons (Fsp3) is 0.333. The van der Waals surface area contributed by atoms with Gasteiger partial charge in [0.25, 0.3) is 0 Å². The average molecular weight is 251 g/mol. The second-order valence-electron chi connectivity index (χ2n) is 3.57. The normalized spacial score (nSPS) is 20.2. The van der Waals surface area contributed by atoms with Gasteiger partial charge in [-0.1, -0.05) is 5.16 Å². The van der Waals surface area contributed by atoms with Crippen LogP contribution in [0.15, 0.2) is 15.4 Å². The maximum atomic E-state index is 11.0. The lowest BCUT2D eigenvalue weighted by molar-refractivity contribution is -0.121. The summed E-state index contributed by atoms with van der Waals surface area (Å²) in [6, 6.07) is -0.132. The van der Waals surface area contributed by atoms with Crippen LogP contribution in [0.5, 0.6) is 0 Å². The third kappa shape index (κ3) is 2.04. The molecule has 0 spiro atoms. The molecule has 3 heterocycles. The zero-order valence-electron chi connectivity index (χ0n) is 8.71. The van der Waals surface area contributed by atoms with E-state index in [0.29, 0.717) is 24.0 Å². The molecule has 7 nitrogen and oxygen atoms in total. The summed E-state index contributed by atoms with van der Waals surface area (Å²) in [5.74, 6) is 0.911. The molecule has 0 aliphatic carbocycles. The number of hydrogen-bond acceptors (Lipinski definition) is 7. The molecule has 1 aliphatic rings. The molecule has 1 fully saturated rings. The molecule has 2 N–H and O–H groups in total. The Balaban J connectivity index is 1.79. The van der Waals surface area contributed by atoms with Crippen LogP contribution in [0.25, 0.3) is 11.5 Å². The van der Waals surface area contributed by atoms with Crippen LogP contribution in [-0.2, 0) is 4.79 Å². The van der Waals surface area contributed by atoms with E-state index in [0.717, 1.165) is 0 Å². The predicted octanol–water partition coefficient (Wildman–Crippen LogP) is -0.0464. The Morgan fingerprint density at radius 1 is 1.53 bits per heavy atom. The monoisotopic (exact) mass is 251 g/mol. The first kappa shape index (κ1) is 10.4. The van der Waals surface area contributed by atoms with Gasteiger partial charge >= 0.3 is 0 Å². The van der Waals surface area contributed by atoms with Crippen molar-refractivity contribution >= 4 is 17.2 Å². The second kappa shape index (κ2) is 4.22. The standard InChI is InChI=1S/C9H9N5O2S/c15-7-2-10-5(1-11-7)9-13-8(14-16-9)6-3-17-4-12-6/h3-5,10H,1-2H2,(H,11,15). The molecule has 2 aromatic heterocycles. The van der Waals surface area contributed by atoms with Crippen molar-refractivity contribution in [3.63, 3.8) is 0 Å². The van der Waals surface area contributed by atoms with Crippen LogP contribution in [0.2, 0.25) is 0 Å². The average Bonchev–Trinajstić information content (AvgIpc) is 3.00. The third-order valence-electron chi connectivity index (χ3n) is 2.41. The molecule has 1 aliphatic heterocycles. The van der Waals surface area contributed by atoms with E-state index in [9.17, 15) is 4.79 Å². The third-order valence-corrected chi connectivity index (χ3v) is 3.00. The quantitative estimate of drug-likeness (QED) is 0.777. The molecule has 0 bridgehead atoms. The van der Waals surface area contributed by atoms with Gasteiger partial charge in [0.2, 0.25) is 17.6 Å². The highest BCUT2D eigenvalue weighted by molar-refractivity contribution is 7.07. The summed E-state index contributed by atoms with van der Waals surface area (Å²) in [5, 5.41) is 11.5. The summed E-state index contributed by atoms with van der Waals surface area (Å²) in [6.07, 6.45) is 0. The Morgan fingerprint density at radius 2 is 2.47 bits per heavy atom. The zero-order chi connectivity index (χ0) is 11.7. The smallest absolute Gasteiger partial charge is 0.245 e. The van der Waals surface area contributed by atoms with Crippen molar-refractivity contribution in [3.8, 4) is 11.5 Å². The van der Waals surface area contributed by atoms with Gasteiger partial charge in [-0.25, -0.2) is 4.98 Å². The van der Waals surface area contributed by atoms with Crippen LogP contribution < -0.4 is 10.6 Å². The number of piperazine rings is 1. The van der Waals surface area contributed by atoms with Gasteiger partial charge in [-0.2, -0.15) is 4.98 Å². The minimum absolute atomic E-state index is 0.0273. The molecule has 17 heavy (non-hydrogen) atoms. The SMILES string of the molecule is O=C1CNC(c2nc(-c3cscn3)no2)CN1. The minimum Gasteiger partial charge on any atom is -0.353 e. The van der Waals surface area contributed by atoms with Crippen LogP contribution in [-0.4, -0.2) is 34.1 Å². The molecule has 0 saturated carbocycles. The second-order valence-corrected chi connectivity index (χ2v) is 4.29. The van der Waals surface area contributed by atoms with Gasteiger partial charge in [0.1, 0.15) is 11.7 Å². The first-order valence-electron chi connectivity index (χ1n) is 5.05. The maximum absolute atomic E-state index is 11.0. The lowest BCUT2D eigenvalue weighted by Gasteiger charge is -2.20. The van der Waals surface area contributed by atoms with Crippen LogP contribution in [0.3, 0.4) is 0 Å².